The summed E-state index contributed by atoms with van der Waals surface area (Å²) in [5, 5.41) is 8.18. The summed E-state index contributed by atoms with van der Waals surface area (Å²) >= 11 is 3.53. The summed E-state index contributed by atoms with van der Waals surface area (Å²) in [6.45, 7) is 7.22. The van der Waals surface area contributed by atoms with E-state index in [-0.39, 0.29) is 0 Å². The van der Waals surface area contributed by atoms with Crippen LogP contribution in [-0.4, -0.2) is 46.3 Å². The van der Waals surface area contributed by atoms with Crippen molar-refractivity contribution in [2.24, 2.45) is 0 Å². The molecule has 1 aliphatic rings. The van der Waals surface area contributed by atoms with Crippen LogP contribution in [0.15, 0.2) is 35.2 Å². The van der Waals surface area contributed by atoms with Gasteiger partial charge in [-0.05, 0) is 28.4 Å². The van der Waals surface area contributed by atoms with Gasteiger partial charge in [0.25, 0.3) is 5.65 Å². The second kappa shape index (κ2) is 6.49. The Balaban J connectivity index is 1.47. The number of anilines is 1. The first-order chi connectivity index (χ1) is 11.7. The molecule has 24 heavy (non-hydrogen) atoms. The van der Waals surface area contributed by atoms with Crippen molar-refractivity contribution in [3.05, 3.63) is 46.3 Å². The highest BCUT2D eigenvalue weighted by Crippen LogP contribution is 2.27. The van der Waals surface area contributed by atoms with Crippen LogP contribution in [0.3, 0.4) is 0 Å². The molecule has 2 aromatic heterocycles. The molecule has 0 atom stereocenters. The Morgan fingerprint density at radius 1 is 1.25 bits per heavy atom. The summed E-state index contributed by atoms with van der Waals surface area (Å²) in [6.07, 6.45) is 1.71. The second-order valence-electron chi connectivity index (χ2n) is 6.24. The number of halogens is 1. The van der Waals surface area contributed by atoms with Crippen LogP contribution in [0.25, 0.3) is 11.0 Å². The average Bonchev–Trinajstić information content (AvgIpc) is 2.97. The van der Waals surface area contributed by atoms with E-state index in [4.69, 9.17) is 0 Å². The highest BCUT2D eigenvalue weighted by atomic mass is 79.9. The highest BCUT2D eigenvalue weighted by Gasteiger charge is 2.26. The van der Waals surface area contributed by atoms with Gasteiger partial charge in [0.15, 0.2) is 0 Å². The molecule has 0 radical (unpaired) electrons. The molecule has 2 N–H and O–H groups in total. The standard InChI is InChI=1S/C17H19BrN6/c1-12-3-2-4-13(9-12)10-23-5-7-24(8-6-23)17-14-15(18)21-22-16(14)19-11-20-17/h2-4,9,11H,5-8,10H2,1H3,(H,19,20,21,22)/p+1. The van der Waals surface area contributed by atoms with Crippen molar-refractivity contribution in [2.45, 2.75) is 13.5 Å². The number of aromatic amines is 2. The Labute approximate surface area is 149 Å². The van der Waals surface area contributed by atoms with Crippen LogP contribution < -0.4 is 9.88 Å². The third kappa shape index (κ3) is 3.01. The quantitative estimate of drug-likeness (QED) is 0.747. The summed E-state index contributed by atoms with van der Waals surface area (Å²) < 4.78 is 0.874. The first kappa shape index (κ1) is 15.5. The molecular weight excluding hydrogens is 368 g/mol. The monoisotopic (exact) mass is 387 g/mol. The number of benzene rings is 1. The molecule has 3 aromatic rings. The van der Waals surface area contributed by atoms with Crippen LogP contribution in [0.2, 0.25) is 0 Å². The maximum atomic E-state index is 4.27. The lowest BCUT2D eigenvalue weighted by Gasteiger charge is -2.32. The normalized spacial score (nSPS) is 16.0. The van der Waals surface area contributed by atoms with Crippen LogP contribution in [-0.2, 0) is 6.54 Å². The molecule has 0 spiro atoms. The number of nitrogens with one attached hydrogen (secondary N) is 2. The van der Waals surface area contributed by atoms with Crippen LogP contribution >= 0.6 is 15.9 Å². The number of hydrogen-bond acceptors (Lipinski definition) is 4. The third-order valence-electron chi connectivity index (χ3n) is 4.51. The zero-order valence-corrected chi connectivity index (χ0v) is 15.2. The number of fused-ring (bicyclic) bond motifs is 1. The second-order valence-corrected chi connectivity index (χ2v) is 7.03. The molecular formula is C17H20BrN6+. The maximum Gasteiger partial charge on any atom is 0.261 e. The van der Waals surface area contributed by atoms with Crippen LogP contribution in [0.1, 0.15) is 11.1 Å². The average molecular weight is 388 g/mol. The molecule has 1 aliphatic heterocycles. The molecule has 3 heterocycles. The number of rotatable bonds is 3. The van der Waals surface area contributed by atoms with Crippen LogP contribution in [0.4, 0.5) is 5.82 Å². The molecule has 0 saturated carbocycles. The van der Waals surface area contributed by atoms with Gasteiger partial charge < -0.3 is 0 Å². The summed E-state index contributed by atoms with van der Waals surface area (Å²) in [5.74, 6) is 1.08. The van der Waals surface area contributed by atoms with Crippen molar-refractivity contribution >= 4 is 32.8 Å². The first-order valence-electron chi connectivity index (χ1n) is 8.14. The number of aromatic nitrogens is 4. The minimum atomic E-state index is 0.734. The van der Waals surface area contributed by atoms with Crippen LogP contribution in [0.5, 0.6) is 0 Å². The lowest BCUT2D eigenvalue weighted by Crippen LogP contribution is -2.47. The SMILES string of the molecule is Cc1cccc(CN2CCN(c3[nH+]cnc4n[nH]c(Br)c34)CC2)c1. The number of hydrogen-bond donors (Lipinski definition) is 1. The van der Waals surface area contributed by atoms with E-state index in [1.54, 1.807) is 6.33 Å². The predicted octanol–water partition coefficient (Wildman–Crippen LogP) is 2.17. The molecule has 6 nitrogen and oxygen atoms in total. The van der Waals surface area contributed by atoms with Gasteiger partial charge in [-0.25, -0.2) is 4.98 Å². The fourth-order valence-corrected chi connectivity index (χ4v) is 3.74. The van der Waals surface area contributed by atoms with Crippen molar-refractivity contribution in [1.29, 1.82) is 0 Å². The van der Waals surface area contributed by atoms with Gasteiger partial charge in [-0.2, -0.15) is 0 Å². The molecule has 7 heteroatoms. The molecule has 0 bridgehead atoms. The Morgan fingerprint density at radius 3 is 2.88 bits per heavy atom. The number of nitrogens with zero attached hydrogens (tertiary/aromatic N) is 4. The van der Waals surface area contributed by atoms with Gasteiger partial charge in [-0.1, -0.05) is 34.8 Å². The summed E-state index contributed by atoms with van der Waals surface area (Å²) in [7, 11) is 0. The van der Waals surface area contributed by atoms with Gasteiger partial charge >= 0.3 is 0 Å². The molecule has 1 fully saturated rings. The van der Waals surface area contributed by atoms with Gasteiger partial charge in [0, 0.05) is 19.6 Å². The summed E-state index contributed by atoms with van der Waals surface area (Å²) in [4.78, 5) is 12.4. The van der Waals surface area contributed by atoms with Crippen molar-refractivity contribution < 1.29 is 4.98 Å². The fourth-order valence-electron chi connectivity index (χ4n) is 3.29. The van der Waals surface area contributed by atoms with E-state index in [0.29, 0.717) is 0 Å². The lowest BCUT2D eigenvalue weighted by molar-refractivity contribution is -0.367. The number of H-pyrrole nitrogens is 2. The van der Waals surface area contributed by atoms with E-state index in [9.17, 15) is 0 Å². The highest BCUT2D eigenvalue weighted by molar-refractivity contribution is 9.10. The van der Waals surface area contributed by atoms with E-state index >= 15 is 0 Å². The van der Waals surface area contributed by atoms with Crippen molar-refractivity contribution in [1.82, 2.24) is 20.1 Å². The van der Waals surface area contributed by atoms with Crippen molar-refractivity contribution in [2.75, 3.05) is 31.1 Å². The summed E-state index contributed by atoms with van der Waals surface area (Å²) in [5.41, 5.74) is 3.45. The Hall–Kier alpha value is -1.99. The number of piperazine rings is 1. The Kier molecular flexibility index (Phi) is 4.20. The molecule has 0 amide bonds. The smallest absolute Gasteiger partial charge is 0.261 e. The minimum absolute atomic E-state index is 0.734. The number of aryl methyl sites for hydroxylation is 1. The van der Waals surface area contributed by atoms with E-state index in [0.717, 1.165) is 54.2 Å². The van der Waals surface area contributed by atoms with E-state index in [1.807, 2.05) is 0 Å². The van der Waals surface area contributed by atoms with E-state index in [2.05, 4.69) is 77.1 Å². The molecule has 0 unspecified atom stereocenters. The molecule has 0 aliphatic carbocycles. The molecule has 1 aromatic carbocycles. The molecule has 1 saturated heterocycles. The minimum Gasteiger partial charge on any atom is -0.293 e. The largest absolute Gasteiger partial charge is 0.293 e. The van der Waals surface area contributed by atoms with Crippen LogP contribution in [0, 0.1) is 6.92 Å². The van der Waals surface area contributed by atoms with Gasteiger partial charge in [0.05, 0.1) is 13.1 Å². The fraction of sp³-hybridized carbons (Fsp3) is 0.353. The maximum absolute atomic E-state index is 4.27. The Bertz CT molecular complexity index is 853. The zero-order valence-electron chi connectivity index (χ0n) is 13.6. The molecule has 4 rings (SSSR count). The Morgan fingerprint density at radius 2 is 2.08 bits per heavy atom. The van der Waals surface area contributed by atoms with E-state index in [1.165, 1.54) is 11.1 Å². The topological polar surface area (TPSA) is 62.2 Å². The van der Waals surface area contributed by atoms with Crippen molar-refractivity contribution in [3.8, 4) is 0 Å². The zero-order chi connectivity index (χ0) is 16.5. The van der Waals surface area contributed by atoms with Gasteiger partial charge in [-0.3, -0.25) is 14.9 Å². The van der Waals surface area contributed by atoms with Gasteiger partial charge in [-0.15, -0.1) is 5.10 Å². The van der Waals surface area contributed by atoms with Gasteiger partial charge in [0.1, 0.15) is 9.99 Å². The first-order valence-corrected chi connectivity index (χ1v) is 8.93. The van der Waals surface area contributed by atoms with Crippen molar-refractivity contribution in [3.63, 3.8) is 0 Å². The lowest BCUT2D eigenvalue weighted by atomic mass is 10.1. The predicted molar refractivity (Wildman–Crippen MR) is 96.8 cm³/mol. The molecule has 124 valence electrons. The summed E-state index contributed by atoms with van der Waals surface area (Å²) in [6, 6.07) is 8.77. The third-order valence-corrected chi connectivity index (χ3v) is 5.08. The van der Waals surface area contributed by atoms with Gasteiger partial charge in [0.2, 0.25) is 12.1 Å². The van der Waals surface area contributed by atoms with E-state index < -0.39 is 0 Å².